The molecule has 0 aromatic heterocycles. The van der Waals surface area contributed by atoms with Crippen LogP contribution in [0.15, 0.2) is 42.5 Å². The van der Waals surface area contributed by atoms with Crippen LogP contribution in [0, 0.1) is 0 Å². The molecular formula is C20H20ClNO2. The predicted molar refractivity (Wildman–Crippen MR) is 94.7 cm³/mol. The zero-order valence-corrected chi connectivity index (χ0v) is 14.2. The van der Waals surface area contributed by atoms with Crippen LogP contribution in [0.1, 0.15) is 46.7 Å². The first-order valence-electron chi connectivity index (χ1n) is 8.52. The second-order valence-electron chi connectivity index (χ2n) is 6.72. The van der Waals surface area contributed by atoms with Crippen molar-refractivity contribution >= 4 is 17.5 Å². The molecule has 24 heavy (non-hydrogen) atoms. The van der Waals surface area contributed by atoms with Crippen LogP contribution in [-0.4, -0.2) is 28.5 Å². The highest BCUT2D eigenvalue weighted by Gasteiger charge is 2.38. The Morgan fingerprint density at radius 2 is 2.00 bits per heavy atom. The van der Waals surface area contributed by atoms with E-state index in [9.17, 15) is 9.90 Å². The number of piperidine rings is 1. The second-order valence-corrected chi connectivity index (χ2v) is 7.13. The van der Waals surface area contributed by atoms with Gasteiger partial charge in [0, 0.05) is 24.1 Å². The smallest absolute Gasteiger partial charge is 0.254 e. The Labute approximate surface area is 146 Å². The van der Waals surface area contributed by atoms with Crippen LogP contribution in [0.25, 0.3) is 0 Å². The third kappa shape index (κ3) is 2.57. The molecule has 4 rings (SSSR count). The number of likely N-dealkylation sites (tertiary alicyclic amines) is 1. The number of carbonyl (C=O) groups excluding carboxylic acids is 1. The molecule has 0 saturated carbocycles. The lowest BCUT2D eigenvalue weighted by atomic mass is 9.74. The zero-order valence-electron chi connectivity index (χ0n) is 13.4. The zero-order chi connectivity index (χ0) is 16.7. The average Bonchev–Trinajstić information content (AvgIpc) is 2.62. The molecular weight excluding hydrogens is 322 g/mol. The lowest BCUT2D eigenvalue weighted by Crippen LogP contribution is -2.49. The lowest BCUT2D eigenvalue weighted by Gasteiger charge is -2.45. The van der Waals surface area contributed by atoms with Crippen LogP contribution in [0.3, 0.4) is 0 Å². The number of aromatic hydroxyl groups is 1. The van der Waals surface area contributed by atoms with Crippen molar-refractivity contribution in [3.8, 4) is 5.75 Å². The fraction of sp³-hybridized carbons (Fsp3) is 0.350. The number of halogens is 1. The number of rotatable bonds is 1. The van der Waals surface area contributed by atoms with Crippen molar-refractivity contribution in [3.05, 3.63) is 64.2 Å². The molecule has 2 aliphatic rings. The van der Waals surface area contributed by atoms with Gasteiger partial charge in [0.25, 0.3) is 5.91 Å². The Morgan fingerprint density at radius 1 is 1.17 bits per heavy atom. The summed E-state index contributed by atoms with van der Waals surface area (Å²) in [7, 11) is 0. The number of hydrogen-bond donors (Lipinski definition) is 1. The van der Waals surface area contributed by atoms with Crippen LogP contribution >= 0.6 is 11.6 Å². The van der Waals surface area contributed by atoms with E-state index in [2.05, 4.69) is 24.3 Å². The molecule has 0 radical (unpaired) electrons. The molecule has 2 aromatic rings. The largest absolute Gasteiger partial charge is 0.506 e. The minimum atomic E-state index is -0.0370. The maximum atomic E-state index is 13.0. The Bertz CT molecular complexity index is 789. The summed E-state index contributed by atoms with van der Waals surface area (Å²) in [4.78, 5) is 15.0. The van der Waals surface area contributed by atoms with Gasteiger partial charge >= 0.3 is 0 Å². The monoisotopic (exact) mass is 341 g/mol. The minimum absolute atomic E-state index is 0.00366. The van der Waals surface area contributed by atoms with Crippen LogP contribution in [0.5, 0.6) is 5.75 Å². The van der Waals surface area contributed by atoms with E-state index in [0.29, 0.717) is 11.5 Å². The number of carbonyl (C=O) groups is 1. The van der Waals surface area contributed by atoms with Gasteiger partial charge in [-0.15, -0.1) is 0 Å². The summed E-state index contributed by atoms with van der Waals surface area (Å²) >= 11 is 5.86. The molecule has 1 aliphatic carbocycles. The number of phenols is 1. The van der Waals surface area contributed by atoms with Crippen molar-refractivity contribution in [2.75, 3.05) is 6.54 Å². The highest BCUT2D eigenvalue weighted by Crippen LogP contribution is 2.41. The Kier molecular flexibility index (Phi) is 3.97. The van der Waals surface area contributed by atoms with Crippen molar-refractivity contribution in [2.45, 2.75) is 37.6 Å². The van der Waals surface area contributed by atoms with Gasteiger partial charge in [0.15, 0.2) is 0 Å². The number of fused-ring (bicyclic) bond motifs is 3. The standard InChI is InChI=1S/C20H20ClNO2/c21-17-9-7-14(12-19(17)23)20(24)22-11-3-6-16-15-5-2-1-4-13(15)8-10-18(16)22/h1-2,4-5,7,9,12,16,18,23H,3,6,8,10-11H2/t16-,18+/m0/s1. The summed E-state index contributed by atoms with van der Waals surface area (Å²) in [6.45, 7) is 0.783. The van der Waals surface area contributed by atoms with Crippen LogP contribution in [0.2, 0.25) is 5.02 Å². The van der Waals surface area contributed by atoms with Gasteiger partial charge in [-0.1, -0.05) is 35.9 Å². The lowest BCUT2D eigenvalue weighted by molar-refractivity contribution is 0.0546. The van der Waals surface area contributed by atoms with Crippen LogP contribution < -0.4 is 0 Å². The minimum Gasteiger partial charge on any atom is -0.506 e. The number of nitrogens with zero attached hydrogens (tertiary/aromatic N) is 1. The average molecular weight is 342 g/mol. The van der Waals surface area contributed by atoms with E-state index in [-0.39, 0.29) is 22.7 Å². The molecule has 1 saturated heterocycles. The fourth-order valence-electron chi connectivity index (χ4n) is 4.27. The number of amides is 1. The molecule has 124 valence electrons. The number of phenolic OH excluding ortho intramolecular Hbond substituents is 1. The summed E-state index contributed by atoms with van der Waals surface area (Å²) in [5, 5.41) is 10.1. The first kappa shape index (κ1) is 15.5. The van der Waals surface area contributed by atoms with E-state index < -0.39 is 0 Å². The Balaban J connectivity index is 1.64. The van der Waals surface area contributed by atoms with Crippen molar-refractivity contribution in [1.82, 2.24) is 4.90 Å². The van der Waals surface area contributed by atoms with E-state index in [1.54, 1.807) is 12.1 Å². The van der Waals surface area contributed by atoms with Gasteiger partial charge in [0.2, 0.25) is 0 Å². The van der Waals surface area contributed by atoms with Gasteiger partial charge < -0.3 is 10.0 Å². The molecule has 1 heterocycles. The summed E-state index contributed by atoms with van der Waals surface area (Å²) in [6.07, 6.45) is 4.18. The van der Waals surface area contributed by atoms with E-state index in [0.717, 1.165) is 32.2 Å². The molecule has 1 amide bonds. The van der Waals surface area contributed by atoms with Gasteiger partial charge in [-0.2, -0.15) is 0 Å². The number of benzene rings is 2. The molecule has 0 spiro atoms. The van der Waals surface area contributed by atoms with Gasteiger partial charge in [0.1, 0.15) is 5.75 Å². The van der Waals surface area contributed by atoms with Crippen molar-refractivity contribution in [2.24, 2.45) is 0 Å². The van der Waals surface area contributed by atoms with Gasteiger partial charge in [0.05, 0.1) is 5.02 Å². The Hall–Kier alpha value is -2.00. The molecule has 2 aromatic carbocycles. The third-order valence-electron chi connectivity index (χ3n) is 5.40. The van der Waals surface area contributed by atoms with Crippen LogP contribution in [0.4, 0.5) is 0 Å². The van der Waals surface area contributed by atoms with Crippen molar-refractivity contribution < 1.29 is 9.90 Å². The van der Waals surface area contributed by atoms with Gasteiger partial charge in [-0.3, -0.25) is 4.79 Å². The highest BCUT2D eigenvalue weighted by molar-refractivity contribution is 6.32. The quantitative estimate of drug-likeness (QED) is 0.836. The first-order valence-corrected chi connectivity index (χ1v) is 8.90. The molecule has 1 fully saturated rings. The molecule has 1 aliphatic heterocycles. The summed E-state index contributed by atoms with van der Waals surface area (Å²) in [5.74, 6) is 0.384. The van der Waals surface area contributed by atoms with Crippen LogP contribution in [-0.2, 0) is 6.42 Å². The molecule has 2 atom stereocenters. The second kappa shape index (κ2) is 6.14. The van der Waals surface area contributed by atoms with Crippen molar-refractivity contribution in [1.29, 1.82) is 0 Å². The topological polar surface area (TPSA) is 40.5 Å². The van der Waals surface area contributed by atoms with E-state index >= 15 is 0 Å². The SMILES string of the molecule is O=C(c1ccc(Cl)c(O)c1)N1CCC[C@H]2c3ccccc3CC[C@H]21. The maximum Gasteiger partial charge on any atom is 0.254 e. The fourth-order valence-corrected chi connectivity index (χ4v) is 4.38. The molecule has 3 nitrogen and oxygen atoms in total. The molecule has 0 unspecified atom stereocenters. The van der Waals surface area contributed by atoms with E-state index in [1.807, 2.05) is 4.90 Å². The summed E-state index contributed by atoms with van der Waals surface area (Å²) < 4.78 is 0. The maximum absolute atomic E-state index is 13.0. The van der Waals surface area contributed by atoms with Crippen molar-refractivity contribution in [3.63, 3.8) is 0 Å². The molecule has 4 heteroatoms. The Morgan fingerprint density at radius 3 is 2.83 bits per heavy atom. The third-order valence-corrected chi connectivity index (χ3v) is 5.72. The van der Waals surface area contributed by atoms with E-state index in [1.165, 1.54) is 17.2 Å². The number of hydrogen-bond acceptors (Lipinski definition) is 2. The summed E-state index contributed by atoms with van der Waals surface area (Å²) in [6, 6.07) is 13.6. The van der Waals surface area contributed by atoms with Gasteiger partial charge in [-0.25, -0.2) is 0 Å². The predicted octanol–water partition coefficient (Wildman–Crippen LogP) is 4.38. The molecule has 1 N–H and O–H groups in total. The van der Waals surface area contributed by atoms with Gasteiger partial charge in [-0.05, 0) is 55.0 Å². The highest BCUT2D eigenvalue weighted by atomic mass is 35.5. The normalized spacial score (nSPS) is 22.6. The number of aryl methyl sites for hydroxylation is 1. The van der Waals surface area contributed by atoms with E-state index in [4.69, 9.17) is 11.6 Å². The molecule has 0 bridgehead atoms. The summed E-state index contributed by atoms with van der Waals surface area (Å²) in [5.41, 5.74) is 3.35. The first-order chi connectivity index (χ1) is 11.6.